The van der Waals surface area contributed by atoms with Crippen LogP contribution in [0.3, 0.4) is 0 Å². The molecule has 3 rings (SSSR count). The van der Waals surface area contributed by atoms with Crippen LogP contribution in [0.5, 0.6) is 0 Å². The summed E-state index contributed by atoms with van der Waals surface area (Å²) in [6, 6.07) is 13.4. The van der Waals surface area contributed by atoms with Gasteiger partial charge in [-0.2, -0.15) is 13.2 Å². The number of aromatic amines is 1. The third-order valence-corrected chi connectivity index (χ3v) is 4.09. The molecule has 5 nitrogen and oxygen atoms in total. The van der Waals surface area contributed by atoms with E-state index in [1.54, 1.807) is 30.3 Å². The largest absolute Gasteiger partial charge is 0.451 e. The van der Waals surface area contributed by atoms with Crippen molar-refractivity contribution in [1.82, 2.24) is 9.97 Å². The number of hydrogen-bond acceptors (Lipinski definition) is 4. The second-order valence-electron chi connectivity index (χ2n) is 6.44. The number of H-pyrrole nitrogens is 1. The lowest BCUT2D eigenvalue weighted by atomic mass is 10.00. The zero-order valence-corrected chi connectivity index (χ0v) is 17.0. The van der Waals surface area contributed by atoms with Crippen LogP contribution in [0.25, 0.3) is 0 Å². The van der Waals surface area contributed by atoms with Crippen LogP contribution >= 0.6 is 0 Å². The van der Waals surface area contributed by atoms with Crippen molar-refractivity contribution in [3.05, 3.63) is 88.8 Å². The highest BCUT2D eigenvalue weighted by Crippen LogP contribution is 2.19. The van der Waals surface area contributed by atoms with Crippen LogP contribution < -0.4 is 0 Å². The summed E-state index contributed by atoms with van der Waals surface area (Å²) in [7, 11) is 0. The monoisotopic (exact) mass is 445 g/mol. The molecule has 3 aromatic rings. The van der Waals surface area contributed by atoms with Crippen molar-refractivity contribution >= 4 is 11.7 Å². The van der Waals surface area contributed by atoms with Crippen LogP contribution in [-0.2, 0) is 11.3 Å². The number of rotatable bonds is 6. The van der Waals surface area contributed by atoms with Gasteiger partial charge >= 0.3 is 12.1 Å². The van der Waals surface area contributed by atoms with Gasteiger partial charge in [0.15, 0.2) is 12.3 Å². The lowest BCUT2D eigenvalue weighted by Gasteiger charge is -2.10. The summed E-state index contributed by atoms with van der Waals surface area (Å²) >= 11 is 0. The molecule has 0 radical (unpaired) electrons. The Hall–Kier alpha value is -3.93. The van der Waals surface area contributed by atoms with Gasteiger partial charge in [-0.25, -0.2) is 14.2 Å². The van der Waals surface area contributed by atoms with Crippen molar-refractivity contribution in [1.29, 1.82) is 0 Å². The van der Waals surface area contributed by atoms with Crippen LogP contribution in [0, 0.1) is 25.6 Å². The summed E-state index contributed by atoms with van der Waals surface area (Å²) in [5.41, 5.74) is 2.03. The third-order valence-electron chi connectivity index (χ3n) is 4.09. The summed E-state index contributed by atoms with van der Waals surface area (Å²) in [6.07, 6.45) is 4.51. The third kappa shape index (κ3) is 6.54. The van der Waals surface area contributed by atoms with Gasteiger partial charge < -0.3 is 9.72 Å². The fraction of sp³-hybridized carbons (Fsp3) is 0.174. The highest BCUT2D eigenvalue weighted by molar-refractivity contribution is 6.13. The highest BCUT2D eigenvalue weighted by atomic mass is 19.4. The van der Waals surface area contributed by atoms with E-state index in [0.29, 0.717) is 11.3 Å². The number of ether oxygens (including phenoxy) is 1. The number of benzene rings is 2. The molecular formula is C23H19F4N3O2. The van der Waals surface area contributed by atoms with E-state index in [1.165, 1.54) is 6.07 Å². The number of nitrogens with zero attached hydrogens (tertiary/aromatic N) is 2. The van der Waals surface area contributed by atoms with Crippen molar-refractivity contribution in [2.24, 2.45) is 4.99 Å². The van der Waals surface area contributed by atoms with E-state index in [4.69, 9.17) is 0 Å². The van der Waals surface area contributed by atoms with Gasteiger partial charge in [-0.05, 0) is 25.1 Å². The Morgan fingerprint density at radius 2 is 1.88 bits per heavy atom. The zero-order chi connectivity index (χ0) is 23.7. The fourth-order valence-electron chi connectivity index (χ4n) is 2.77. The Labute approximate surface area is 182 Å². The lowest BCUT2D eigenvalue weighted by Crippen LogP contribution is -2.21. The number of hydrogen-bond donors (Lipinski definition) is 1. The molecular weight excluding hydrogens is 426 g/mol. The minimum absolute atomic E-state index is 0.145. The molecule has 0 aliphatic heterocycles. The Morgan fingerprint density at radius 3 is 2.53 bits per heavy atom. The molecule has 9 heteroatoms. The first-order chi connectivity index (χ1) is 15.2. The van der Waals surface area contributed by atoms with Crippen molar-refractivity contribution in [2.45, 2.75) is 19.6 Å². The Morgan fingerprint density at radius 1 is 1.16 bits per heavy atom. The molecule has 0 aliphatic rings. The maximum Gasteiger partial charge on any atom is 0.422 e. The second kappa shape index (κ2) is 10.9. The van der Waals surface area contributed by atoms with Crippen molar-refractivity contribution in [3.63, 3.8) is 0 Å². The first-order valence-electron chi connectivity index (χ1n) is 9.20. The molecule has 0 saturated heterocycles. The van der Waals surface area contributed by atoms with Crippen molar-refractivity contribution in [2.75, 3.05) is 6.61 Å². The first-order valence-corrected chi connectivity index (χ1v) is 9.20. The molecule has 0 fully saturated rings. The molecule has 0 unspecified atom stereocenters. The zero-order valence-electron chi connectivity index (χ0n) is 17.0. The molecule has 0 amide bonds. The van der Waals surface area contributed by atoms with E-state index in [-0.39, 0.29) is 23.5 Å². The lowest BCUT2D eigenvalue weighted by molar-refractivity contribution is -0.161. The minimum atomic E-state index is -4.65. The van der Waals surface area contributed by atoms with Gasteiger partial charge in [0.25, 0.3) is 0 Å². The molecule has 166 valence electrons. The number of carbonyl (C=O) groups is 1. The van der Waals surface area contributed by atoms with E-state index >= 15 is 0 Å². The molecule has 1 N–H and O–H groups in total. The SMILES string of the molecule is C#C.Cc1cccc(C(=NCc2[nH]cnc2C(=O)OCC(F)(F)F)c2ccccc2F)c1. The van der Waals surface area contributed by atoms with Gasteiger partial charge in [0.2, 0.25) is 0 Å². The number of aromatic nitrogens is 2. The number of terminal acetylenes is 1. The molecule has 0 saturated carbocycles. The van der Waals surface area contributed by atoms with Gasteiger partial charge in [0, 0.05) is 11.1 Å². The Bertz CT molecular complexity index is 1120. The van der Waals surface area contributed by atoms with Gasteiger partial charge in [0.1, 0.15) is 5.82 Å². The predicted octanol–water partition coefficient (Wildman–Crippen LogP) is 4.86. The Balaban J connectivity index is 0.00000176. The summed E-state index contributed by atoms with van der Waals surface area (Å²) < 4.78 is 55.6. The number of esters is 1. The molecule has 0 bridgehead atoms. The number of halogens is 4. The van der Waals surface area contributed by atoms with Crippen LogP contribution in [-0.4, -0.2) is 34.4 Å². The summed E-state index contributed by atoms with van der Waals surface area (Å²) in [4.78, 5) is 22.8. The molecule has 1 aromatic heterocycles. The number of nitrogens with one attached hydrogen (secondary N) is 1. The van der Waals surface area contributed by atoms with E-state index in [1.807, 2.05) is 19.1 Å². The number of imidazole rings is 1. The topological polar surface area (TPSA) is 67.3 Å². The van der Waals surface area contributed by atoms with Crippen molar-refractivity contribution < 1.29 is 27.1 Å². The van der Waals surface area contributed by atoms with E-state index in [9.17, 15) is 22.4 Å². The number of aliphatic imine (C=N–C) groups is 1. The summed E-state index contributed by atoms with van der Waals surface area (Å²) in [6.45, 7) is 0.0192. The molecule has 32 heavy (non-hydrogen) atoms. The molecule has 0 atom stereocenters. The van der Waals surface area contributed by atoms with E-state index < -0.39 is 24.6 Å². The fourth-order valence-corrected chi connectivity index (χ4v) is 2.77. The smallest absolute Gasteiger partial charge is 0.422 e. The summed E-state index contributed by atoms with van der Waals surface area (Å²) in [5, 5.41) is 0. The molecule has 0 aliphatic carbocycles. The highest BCUT2D eigenvalue weighted by Gasteiger charge is 2.30. The maximum absolute atomic E-state index is 14.4. The van der Waals surface area contributed by atoms with Crippen LogP contribution in [0.1, 0.15) is 32.9 Å². The molecule has 2 aromatic carbocycles. The van der Waals surface area contributed by atoms with Gasteiger partial charge in [-0.1, -0.05) is 35.9 Å². The van der Waals surface area contributed by atoms with Crippen molar-refractivity contribution in [3.8, 4) is 12.8 Å². The first kappa shape index (κ1) is 24.3. The average molecular weight is 445 g/mol. The minimum Gasteiger partial charge on any atom is -0.451 e. The van der Waals surface area contributed by atoms with Gasteiger partial charge in [0.05, 0.1) is 24.3 Å². The van der Waals surface area contributed by atoms with E-state index in [2.05, 4.69) is 32.5 Å². The normalized spacial score (nSPS) is 11.4. The molecule has 1 heterocycles. The Kier molecular flexibility index (Phi) is 8.30. The van der Waals surface area contributed by atoms with Crippen LogP contribution in [0.15, 0.2) is 59.9 Å². The quantitative estimate of drug-likeness (QED) is 0.255. The van der Waals surface area contributed by atoms with Gasteiger partial charge in [-0.3, -0.25) is 4.99 Å². The molecule has 0 spiro atoms. The van der Waals surface area contributed by atoms with Gasteiger partial charge in [-0.15, -0.1) is 12.8 Å². The van der Waals surface area contributed by atoms with Crippen LogP contribution in [0.4, 0.5) is 17.6 Å². The summed E-state index contributed by atoms with van der Waals surface area (Å²) in [5.74, 6) is -1.70. The average Bonchev–Trinajstić information content (AvgIpc) is 3.23. The van der Waals surface area contributed by atoms with E-state index in [0.717, 1.165) is 11.9 Å². The maximum atomic E-state index is 14.4. The number of aryl methyl sites for hydroxylation is 1. The standard InChI is InChI=1S/C21H17F4N3O2.C2H2/c1-13-5-4-6-14(9-13)18(15-7-2-3-8-16(15)22)26-10-17-19(28-12-27-17)20(29)30-11-21(23,24)25;1-2/h2-9,12H,10-11H2,1H3,(H,27,28);1-2H. The predicted molar refractivity (Wildman–Crippen MR) is 112 cm³/mol. The second-order valence-corrected chi connectivity index (χ2v) is 6.44. The number of carbonyl (C=O) groups excluding carboxylic acids is 1. The van der Waals surface area contributed by atoms with Crippen LogP contribution in [0.2, 0.25) is 0 Å². The number of alkyl halides is 3.